The largest absolute Gasteiger partial charge is 0.350 e. The maximum absolute atomic E-state index is 11.8. The summed E-state index contributed by atoms with van der Waals surface area (Å²) < 4.78 is 0.959. The number of carbonyl (C=O) groups is 2. The number of rotatable bonds is 6. The van der Waals surface area contributed by atoms with Crippen molar-refractivity contribution in [1.82, 2.24) is 10.6 Å². The van der Waals surface area contributed by atoms with Crippen molar-refractivity contribution in [2.45, 2.75) is 13.0 Å². The van der Waals surface area contributed by atoms with Crippen LogP contribution in [-0.2, 0) is 22.6 Å². The Kier molecular flexibility index (Phi) is 6.62. The molecule has 0 fully saturated rings. The molecular formula is C17H16BrClN2O2. The van der Waals surface area contributed by atoms with Gasteiger partial charge in [-0.05, 0) is 29.3 Å². The number of benzene rings is 2. The second kappa shape index (κ2) is 8.70. The molecule has 0 saturated carbocycles. The van der Waals surface area contributed by atoms with Crippen LogP contribution in [0.15, 0.2) is 53.0 Å². The van der Waals surface area contributed by atoms with Crippen molar-refractivity contribution in [2.75, 3.05) is 6.54 Å². The third-order valence-electron chi connectivity index (χ3n) is 3.16. The third-order valence-corrected chi connectivity index (χ3v) is 4.06. The predicted molar refractivity (Wildman–Crippen MR) is 94.2 cm³/mol. The lowest BCUT2D eigenvalue weighted by atomic mass is 10.1. The summed E-state index contributed by atoms with van der Waals surface area (Å²) in [5.74, 6) is -0.450. The molecule has 2 aromatic rings. The van der Waals surface area contributed by atoms with Crippen molar-refractivity contribution < 1.29 is 9.59 Å². The van der Waals surface area contributed by atoms with Crippen LogP contribution in [-0.4, -0.2) is 18.4 Å². The molecule has 2 N–H and O–H groups in total. The molecule has 0 heterocycles. The maximum atomic E-state index is 11.8. The van der Waals surface area contributed by atoms with Gasteiger partial charge in [0.05, 0.1) is 13.0 Å². The molecule has 0 aliphatic rings. The zero-order valence-corrected chi connectivity index (χ0v) is 14.7. The van der Waals surface area contributed by atoms with Gasteiger partial charge in [-0.1, -0.05) is 57.9 Å². The third kappa shape index (κ3) is 6.04. The van der Waals surface area contributed by atoms with E-state index in [-0.39, 0.29) is 24.8 Å². The van der Waals surface area contributed by atoms with Gasteiger partial charge in [0, 0.05) is 16.0 Å². The molecule has 4 nitrogen and oxygen atoms in total. The van der Waals surface area contributed by atoms with Crippen LogP contribution < -0.4 is 10.6 Å². The molecule has 0 aliphatic heterocycles. The van der Waals surface area contributed by atoms with Gasteiger partial charge in [0.2, 0.25) is 11.8 Å². The van der Waals surface area contributed by atoms with Crippen LogP contribution in [0, 0.1) is 0 Å². The van der Waals surface area contributed by atoms with Crippen LogP contribution in [0.3, 0.4) is 0 Å². The Labute approximate surface area is 148 Å². The highest BCUT2D eigenvalue weighted by atomic mass is 79.9. The minimum absolute atomic E-state index is 0.0557. The quantitative estimate of drug-likeness (QED) is 0.790. The van der Waals surface area contributed by atoms with Gasteiger partial charge in [0.1, 0.15) is 0 Å². The first-order valence-electron chi connectivity index (χ1n) is 7.06. The molecule has 0 saturated heterocycles. The van der Waals surface area contributed by atoms with Crippen molar-refractivity contribution in [3.8, 4) is 0 Å². The van der Waals surface area contributed by atoms with Crippen LogP contribution >= 0.6 is 27.5 Å². The molecule has 6 heteroatoms. The fourth-order valence-electron chi connectivity index (χ4n) is 1.93. The summed E-state index contributed by atoms with van der Waals surface area (Å²) >= 11 is 9.35. The molecule has 0 spiro atoms. The van der Waals surface area contributed by atoms with Gasteiger partial charge < -0.3 is 10.6 Å². The Morgan fingerprint density at radius 3 is 2.35 bits per heavy atom. The van der Waals surface area contributed by atoms with Crippen molar-refractivity contribution in [2.24, 2.45) is 0 Å². The Bertz CT molecular complexity index is 689. The average molecular weight is 396 g/mol. The van der Waals surface area contributed by atoms with E-state index in [2.05, 4.69) is 26.6 Å². The fraction of sp³-hybridized carbons (Fsp3) is 0.176. The first-order chi connectivity index (χ1) is 11.0. The summed E-state index contributed by atoms with van der Waals surface area (Å²) in [5.41, 5.74) is 1.73. The van der Waals surface area contributed by atoms with Gasteiger partial charge in [0.15, 0.2) is 0 Å². The first-order valence-corrected chi connectivity index (χ1v) is 8.23. The standard InChI is InChI=1S/C17H16BrClN2O2/c18-14-7-5-12(6-8-14)9-16(22)21-11-17(23)20-10-13-3-1-2-4-15(13)19/h1-8H,9-11H2,(H,20,23)(H,21,22). The van der Waals surface area contributed by atoms with E-state index in [9.17, 15) is 9.59 Å². The van der Waals surface area contributed by atoms with Crippen molar-refractivity contribution in [3.05, 3.63) is 69.2 Å². The highest BCUT2D eigenvalue weighted by molar-refractivity contribution is 9.10. The Hall–Kier alpha value is -1.85. The lowest BCUT2D eigenvalue weighted by molar-refractivity contribution is -0.125. The van der Waals surface area contributed by atoms with E-state index < -0.39 is 0 Å². The Balaban J connectivity index is 1.72. The second-order valence-electron chi connectivity index (χ2n) is 4.95. The van der Waals surface area contributed by atoms with Crippen LogP contribution in [0.1, 0.15) is 11.1 Å². The molecule has 0 atom stereocenters. The van der Waals surface area contributed by atoms with Crippen LogP contribution in [0.5, 0.6) is 0 Å². The highest BCUT2D eigenvalue weighted by Crippen LogP contribution is 2.14. The van der Waals surface area contributed by atoms with Gasteiger partial charge in [0.25, 0.3) is 0 Å². The maximum Gasteiger partial charge on any atom is 0.239 e. The Morgan fingerprint density at radius 2 is 1.65 bits per heavy atom. The smallest absolute Gasteiger partial charge is 0.239 e. The number of amides is 2. The van der Waals surface area contributed by atoms with E-state index in [4.69, 9.17) is 11.6 Å². The summed E-state index contributed by atoms with van der Waals surface area (Å²) in [6.45, 7) is 0.279. The van der Waals surface area contributed by atoms with E-state index in [0.29, 0.717) is 11.6 Å². The molecule has 0 radical (unpaired) electrons. The number of hydrogen-bond acceptors (Lipinski definition) is 2. The normalized spacial score (nSPS) is 10.2. The van der Waals surface area contributed by atoms with E-state index in [0.717, 1.165) is 15.6 Å². The molecule has 0 unspecified atom stereocenters. The molecule has 23 heavy (non-hydrogen) atoms. The molecule has 0 aromatic heterocycles. The van der Waals surface area contributed by atoms with E-state index in [1.54, 1.807) is 6.07 Å². The number of carbonyl (C=O) groups excluding carboxylic acids is 2. The highest BCUT2D eigenvalue weighted by Gasteiger charge is 2.07. The molecular weight excluding hydrogens is 380 g/mol. The Morgan fingerprint density at radius 1 is 0.957 bits per heavy atom. The number of halogens is 2. The summed E-state index contributed by atoms with van der Waals surface area (Å²) in [4.78, 5) is 23.6. The second-order valence-corrected chi connectivity index (χ2v) is 6.27. The van der Waals surface area contributed by atoms with E-state index >= 15 is 0 Å². The summed E-state index contributed by atoms with van der Waals surface area (Å²) in [5, 5.41) is 5.93. The van der Waals surface area contributed by atoms with Gasteiger partial charge >= 0.3 is 0 Å². The summed E-state index contributed by atoms with van der Waals surface area (Å²) in [6, 6.07) is 14.8. The van der Waals surface area contributed by atoms with Crippen LogP contribution in [0.25, 0.3) is 0 Å². The zero-order chi connectivity index (χ0) is 16.7. The molecule has 2 aromatic carbocycles. The number of nitrogens with one attached hydrogen (secondary N) is 2. The van der Waals surface area contributed by atoms with Crippen molar-refractivity contribution in [3.63, 3.8) is 0 Å². The van der Waals surface area contributed by atoms with Crippen molar-refractivity contribution >= 4 is 39.3 Å². The molecule has 2 rings (SSSR count). The molecule has 120 valence electrons. The lowest BCUT2D eigenvalue weighted by Crippen LogP contribution is -2.37. The molecule has 0 aliphatic carbocycles. The SMILES string of the molecule is O=C(CNC(=O)Cc1ccc(Br)cc1)NCc1ccccc1Cl. The summed E-state index contributed by atoms with van der Waals surface area (Å²) in [7, 11) is 0. The summed E-state index contributed by atoms with van der Waals surface area (Å²) in [6.07, 6.45) is 0.241. The predicted octanol–water partition coefficient (Wildman–Crippen LogP) is 3.08. The van der Waals surface area contributed by atoms with Gasteiger partial charge in [-0.15, -0.1) is 0 Å². The zero-order valence-electron chi connectivity index (χ0n) is 12.3. The lowest BCUT2D eigenvalue weighted by Gasteiger charge is -2.08. The minimum Gasteiger partial charge on any atom is -0.350 e. The number of hydrogen-bond donors (Lipinski definition) is 2. The van der Waals surface area contributed by atoms with Gasteiger partial charge in [-0.3, -0.25) is 9.59 Å². The minimum atomic E-state index is -0.255. The van der Waals surface area contributed by atoms with Crippen LogP contribution in [0.2, 0.25) is 5.02 Å². The fourth-order valence-corrected chi connectivity index (χ4v) is 2.39. The first kappa shape index (κ1) is 17.5. The molecule has 2 amide bonds. The molecule has 0 bridgehead atoms. The van der Waals surface area contributed by atoms with Crippen molar-refractivity contribution in [1.29, 1.82) is 0 Å². The van der Waals surface area contributed by atoms with Gasteiger partial charge in [-0.25, -0.2) is 0 Å². The monoisotopic (exact) mass is 394 g/mol. The van der Waals surface area contributed by atoms with Crippen LogP contribution in [0.4, 0.5) is 0 Å². The topological polar surface area (TPSA) is 58.2 Å². The van der Waals surface area contributed by atoms with E-state index in [1.807, 2.05) is 42.5 Å². The van der Waals surface area contributed by atoms with E-state index in [1.165, 1.54) is 0 Å². The van der Waals surface area contributed by atoms with Gasteiger partial charge in [-0.2, -0.15) is 0 Å². The average Bonchev–Trinajstić information content (AvgIpc) is 2.54.